The summed E-state index contributed by atoms with van der Waals surface area (Å²) in [6, 6.07) is 4.09. The zero-order valence-corrected chi connectivity index (χ0v) is 10.2. The Morgan fingerprint density at radius 1 is 1.17 bits per heavy atom. The Kier molecular flexibility index (Phi) is 2.88. The van der Waals surface area contributed by atoms with Crippen LogP contribution in [-0.2, 0) is 0 Å². The molecule has 2 aromatic heterocycles. The summed E-state index contributed by atoms with van der Waals surface area (Å²) < 4.78 is 5.40. The molecule has 0 radical (unpaired) electrons. The molecule has 1 aliphatic rings. The van der Waals surface area contributed by atoms with Crippen molar-refractivity contribution < 1.29 is 4.42 Å². The number of rotatable bonds is 2. The fraction of sp³-hybridized carbons (Fsp3) is 0.385. The van der Waals surface area contributed by atoms with Gasteiger partial charge in [0.2, 0.25) is 0 Å². The molecular weight excluding hydrogens is 228 g/mol. The predicted molar refractivity (Wildman–Crippen MR) is 70.2 cm³/mol. The molecule has 1 fully saturated rings. The monoisotopic (exact) mass is 244 g/mol. The number of oxazole rings is 1. The Balaban J connectivity index is 1.99. The maximum atomic E-state index is 5.53. The van der Waals surface area contributed by atoms with Crippen molar-refractivity contribution in [1.82, 2.24) is 9.97 Å². The molecule has 0 amide bonds. The van der Waals surface area contributed by atoms with Crippen molar-refractivity contribution in [2.24, 2.45) is 0 Å². The summed E-state index contributed by atoms with van der Waals surface area (Å²) in [5.41, 5.74) is 6.49. The number of pyridine rings is 1. The van der Waals surface area contributed by atoms with Crippen molar-refractivity contribution in [3.8, 4) is 11.3 Å². The summed E-state index contributed by atoms with van der Waals surface area (Å²) >= 11 is 0. The lowest BCUT2D eigenvalue weighted by Gasteiger charge is -2.28. The van der Waals surface area contributed by atoms with Gasteiger partial charge in [-0.15, -0.1) is 0 Å². The summed E-state index contributed by atoms with van der Waals surface area (Å²) in [6.45, 7) is 2.10. The second-order valence-corrected chi connectivity index (χ2v) is 4.49. The van der Waals surface area contributed by atoms with Gasteiger partial charge in [-0.3, -0.25) is 0 Å². The Morgan fingerprint density at radius 3 is 2.72 bits per heavy atom. The minimum absolute atomic E-state index is 0.193. The van der Waals surface area contributed by atoms with Gasteiger partial charge < -0.3 is 15.1 Å². The SMILES string of the molecule is Nc1ncc(-c2cccnc2N2CCCCC2)o1. The van der Waals surface area contributed by atoms with Gasteiger partial charge in [0, 0.05) is 19.3 Å². The van der Waals surface area contributed by atoms with Gasteiger partial charge in [0.15, 0.2) is 5.76 Å². The Morgan fingerprint density at radius 2 is 2.00 bits per heavy atom. The van der Waals surface area contributed by atoms with E-state index in [-0.39, 0.29) is 6.01 Å². The van der Waals surface area contributed by atoms with E-state index in [4.69, 9.17) is 10.2 Å². The number of hydrogen-bond donors (Lipinski definition) is 1. The van der Waals surface area contributed by atoms with Crippen LogP contribution in [0.15, 0.2) is 28.9 Å². The maximum Gasteiger partial charge on any atom is 0.292 e. The number of nitrogens with two attached hydrogens (primary N) is 1. The summed E-state index contributed by atoms with van der Waals surface area (Å²) in [5.74, 6) is 1.65. The number of aromatic nitrogens is 2. The molecule has 3 heterocycles. The fourth-order valence-corrected chi connectivity index (χ4v) is 2.36. The highest BCUT2D eigenvalue weighted by molar-refractivity contribution is 5.72. The minimum Gasteiger partial charge on any atom is -0.424 e. The second-order valence-electron chi connectivity index (χ2n) is 4.49. The Bertz CT molecular complexity index is 531. The van der Waals surface area contributed by atoms with Crippen LogP contribution < -0.4 is 10.6 Å². The third-order valence-corrected chi connectivity index (χ3v) is 3.23. The zero-order chi connectivity index (χ0) is 12.4. The first kappa shape index (κ1) is 11.1. The van der Waals surface area contributed by atoms with Crippen LogP contribution in [0.25, 0.3) is 11.3 Å². The van der Waals surface area contributed by atoms with Gasteiger partial charge >= 0.3 is 0 Å². The van der Waals surface area contributed by atoms with Gasteiger partial charge in [-0.1, -0.05) is 0 Å². The van der Waals surface area contributed by atoms with Crippen molar-refractivity contribution in [3.63, 3.8) is 0 Å². The quantitative estimate of drug-likeness (QED) is 0.878. The molecule has 3 rings (SSSR count). The van der Waals surface area contributed by atoms with Crippen molar-refractivity contribution in [3.05, 3.63) is 24.5 Å². The third kappa shape index (κ3) is 2.03. The molecular formula is C13H16N4O. The van der Waals surface area contributed by atoms with E-state index < -0.39 is 0 Å². The lowest BCUT2D eigenvalue weighted by atomic mass is 10.1. The molecule has 18 heavy (non-hydrogen) atoms. The van der Waals surface area contributed by atoms with Gasteiger partial charge in [-0.2, -0.15) is 0 Å². The normalized spacial score (nSPS) is 15.9. The molecule has 0 unspecified atom stereocenters. The van der Waals surface area contributed by atoms with E-state index in [0.717, 1.165) is 24.5 Å². The molecule has 0 atom stereocenters. The first-order valence-electron chi connectivity index (χ1n) is 6.26. The van der Waals surface area contributed by atoms with Gasteiger partial charge in [0.25, 0.3) is 6.01 Å². The van der Waals surface area contributed by atoms with E-state index in [2.05, 4.69) is 14.9 Å². The first-order valence-corrected chi connectivity index (χ1v) is 6.26. The summed E-state index contributed by atoms with van der Waals surface area (Å²) in [6.07, 6.45) is 7.20. The lowest BCUT2D eigenvalue weighted by molar-refractivity contribution is 0.570. The van der Waals surface area contributed by atoms with Crippen molar-refractivity contribution in [2.45, 2.75) is 19.3 Å². The number of nitrogens with zero attached hydrogens (tertiary/aromatic N) is 3. The molecule has 2 aromatic rings. The average molecular weight is 244 g/mol. The van der Waals surface area contributed by atoms with Crippen LogP contribution in [0.4, 0.5) is 11.8 Å². The Labute approximate surface area is 106 Å². The van der Waals surface area contributed by atoms with Gasteiger partial charge in [0.1, 0.15) is 5.82 Å². The standard InChI is InChI=1S/C13H16N4O/c14-13-16-9-11(18-13)10-5-4-6-15-12(10)17-7-2-1-3-8-17/h4-6,9H,1-3,7-8H2,(H2,14,16). The molecule has 94 valence electrons. The van der Waals surface area contributed by atoms with Crippen LogP contribution in [-0.4, -0.2) is 23.1 Å². The molecule has 5 heteroatoms. The maximum absolute atomic E-state index is 5.53. The average Bonchev–Trinajstić information content (AvgIpc) is 2.86. The van der Waals surface area contributed by atoms with Gasteiger partial charge in [-0.25, -0.2) is 9.97 Å². The van der Waals surface area contributed by atoms with Crippen LogP contribution in [0.5, 0.6) is 0 Å². The van der Waals surface area contributed by atoms with Crippen LogP contribution in [0, 0.1) is 0 Å². The van der Waals surface area contributed by atoms with E-state index in [0.29, 0.717) is 5.76 Å². The summed E-state index contributed by atoms with van der Waals surface area (Å²) in [4.78, 5) is 10.7. The van der Waals surface area contributed by atoms with E-state index in [1.54, 1.807) is 6.20 Å². The highest BCUT2D eigenvalue weighted by Gasteiger charge is 2.18. The molecule has 5 nitrogen and oxygen atoms in total. The van der Waals surface area contributed by atoms with E-state index in [1.165, 1.54) is 19.3 Å². The molecule has 1 aliphatic heterocycles. The predicted octanol–water partition coefficient (Wildman–Crippen LogP) is 2.31. The molecule has 2 N–H and O–H groups in total. The number of nitrogen functional groups attached to an aromatic ring is 1. The van der Waals surface area contributed by atoms with E-state index in [1.807, 2.05) is 18.3 Å². The second kappa shape index (κ2) is 4.68. The van der Waals surface area contributed by atoms with Crippen LogP contribution in [0.3, 0.4) is 0 Å². The van der Waals surface area contributed by atoms with Crippen molar-refractivity contribution in [1.29, 1.82) is 0 Å². The molecule has 0 saturated carbocycles. The largest absolute Gasteiger partial charge is 0.424 e. The van der Waals surface area contributed by atoms with Crippen molar-refractivity contribution in [2.75, 3.05) is 23.7 Å². The van der Waals surface area contributed by atoms with Crippen LogP contribution in [0.1, 0.15) is 19.3 Å². The zero-order valence-electron chi connectivity index (χ0n) is 10.2. The van der Waals surface area contributed by atoms with E-state index in [9.17, 15) is 0 Å². The minimum atomic E-state index is 0.193. The molecule has 0 aromatic carbocycles. The highest BCUT2D eigenvalue weighted by Crippen LogP contribution is 2.31. The highest BCUT2D eigenvalue weighted by atomic mass is 16.4. The number of anilines is 2. The summed E-state index contributed by atoms with van der Waals surface area (Å²) in [7, 11) is 0. The van der Waals surface area contributed by atoms with Crippen LogP contribution in [0.2, 0.25) is 0 Å². The van der Waals surface area contributed by atoms with Gasteiger partial charge in [0.05, 0.1) is 11.8 Å². The molecule has 0 spiro atoms. The van der Waals surface area contributed by atoms with Crippen molar-refractivity contribution >= 4 is 11.8 Å². The molecule has 0 bridgehead atoms. The van der Waals surface area contributed by atoms with Crippen LogP contribution >= 0.6 is 0 Å². The summed E-state index contributed by atoms with van der Waals surface area (Å²) in [5, 5.41) is 0. The first-order chi connectivity index (χ1) is 8.84. The van der Waals surface area contributed by atoms with Gasteiger partial charge in [-0.05, 0) is 31.4 Å². The third-order valence-electron chi connectivity index (χ3n) is 3.23. The van der Waals surface area contributed by atoms with E-state index >= 15 is 0 Å². The number of piperidine rings is 1. The molecule has 0 aliphatic carbocycles. The Hall–Kier alpha value is -2.04. The topological polar surface area (TPSA) is 68.2 Å². The lowest BCUT2D eigenvalue weighted by Crippen LogP contribution is -2.30. The fourth-order valence-electron chi connectivity index (χ4n) is 2.36. The molecule has 1 saturated heterocycles. The number of hydrogen-bond acceptors (Lipinski definition) is 5. The smallest absolute Gasteiger partial charge is 0.292 e.